The molecule has 2 aromatic rings. The van der Waals surface area contributed by atoms with E-state index in [4.69, 9.17) is 0 Å². The van der Waals surface area contributed by atoms with Crippen LogP contribution in [0.2, 0.25) is 0 Å². The lowest BCUT2D eigenvalue weighted by Gasteiger charge is -2.17. The summed E-state index contributed by atoms with van der Waals surface area (Å²) < 4.78 is 1.82. The third kappa shape index (κ3) is 1.69. The number of hydrogen-bond donors (Lipinski definition) is 2. The van der Waals surface area contributed by atoms with Gasteiger partial charge >= 0.3 is 5.69 Å². The van der Waals surface area contributed by atoms with Crippen LogP contribution in [0.4, 0.5) is 0 Å². The molecule has 4 heteroatoms. The van der Waals surface area contributed by atoms with Gasteiger partial charge in [-0.25, -0.2) is 4.79 Å². The summed E-state index contributed by atoms with van der Waals surface area (Å²) >= 11 is 0. The minimum atomic E-state index is -0.882. The van der Waals surface area contributed by atoms with Crippen molar-refractivity contribution < 1.29 is 5.11 Å². The van der Waals surface area contributed by atoms with Gasteiger partial charge in [-0.2, -0.15) is 0 Å². The Morgan fingerprint density at radius 3 is 2.71 bits per heavy atom. The number of aromatic amines is 1. The molecule has 0 aliphatic heterocycles. The molecule has 0 atom stereocenters. The Balaban J connectivity index is 2.22. The molecule has 1 heterocycles. The van der Waals surface area contributed by atoms with E-state index in [-0.39, 0.29) is 5.69 Å². The van der Waals surface area contributed by atoms with Crippen molar-refractivity contribution in [3.05, 3.63) is 34.2 Å². The lowest BCUT2D eigenvalue weighted by atomic mass is 9.98. The van der Waals surface area contributed by atoms with Crippen LogP contribution in [0.1, 0.15) is 38.3 Å². The highest BCUT2D eigenvalue weighted by Gasteiger charge is 2.27. The van der Waals surface area contributed by atoms with Crippen molar-refractivity contribution in [1.29, 1.82) is 0 Å². The SMILES string of the molecule is CC(C)(O)c1ccc2c(c1)[nH]c(=O)n2C1CC1. The van der Waals surface area contributed by atoms with Crippen molar-refractivity contribution in [2.24, 2.45) is 0 Å². The highest BCUT2D eigenvalue weighted by molar-refractivity contribution is 5.76. The van der Waals surface area contributed by atoms with Crippen LogP contribution in [0.15, 0.2) is 23.0 Å². The van der Waals surface area contributed by atoms with Crippen molar-refractivity contribution in [2.45, 2.75) is 38.3 Å². The third-order valence-electron chi connectivity index (χ3n) is 3.33. The van der Waals surface area contributed by atoms with Gasteiger partial charge in [-0.15, -0.1) is 0 Å². The molecular weight excluding hydrogens is 216 g/mol. The van der Waals surface area contributed by atoms with E-state index in [1.165, 1.54) is 0 Å². The zero-order chi connectivity index (χ0) is 12.2. The lowest BCUT2D eigenvalue weighted by Crippen LogP contribution is -2.15. The highest BCUT2D eigenvalue weighted by atomic mass is 16.3. The van der Waals surface area contributed by atoms with Gasteiger partial charge in [0.2, 0.25) is 0 Å². The predicted octanol–water partition coefficient (Wildman–Crippen LogP) is 1.89. The van der Waals surface area contributed by atoms with E-state index in [2.05, 4.69) is 4.98 Å². The summed E-state index contributed by atoms with van der Waals surface area (Å²) in [6.45, 7) is 3.48. The number of H-pyrrole nitrogens is 1. The average molecular weight is 232 g/mol. The quantitative estimate of drug-likeness (QED) is 0.830. The van der Waals surface area contributed by atoms with Crippen LogP contribution in [0.3, 0.4) is 0 Å². The summed E-state index contributed by atoms with van der Waals surface area (Å²) in [5, 5.41) is 9.95. The first-order chi connectivity index (χ1) is 7.97. The minimum absolute atomic E-state index is 0.0459. The van der Waals surface area contributed by atoms with Crippen molar-refractivity contribution >= 4 is 11.0 Å². The number of aromatic nitrogens is 2. The maximum absolute atomic E-state index is 11.8. The van der Waals surface area contributed by atoms with Gasteiger partial charge in [-0.3, -0.25) is 4.57 Å². The second kappa shape index (κ2) is 3.23. The van der Waals surface area contributed by atoms with Gasteiger partial charge < -0.3 is 10.1 Å². The van der Waals surface area contributed by atoms with E-state index in [0.717, 1.165) is 29.4 Å². The van der Waals surface area contributed by atoms with E-state index in [1.807, 2.05) is 22.8 Å². The summed E-state index contributed by atoms with van der Waals surface area (Å²) in [4.78, 5) is 14.7. The molecule has 0 saturated heterocycles. The number of nitrogens with zero attached hydrogens (tertiary/aromatic N) is 1. The summed E-state index contributed by atoms with van der Waals surface area (Å²) in [6.07, 6.45) is 2.17. The van der Waals surface area contributed by atoms with Crippen LogP contribution in [-0.4, -0.2) is 14.7 Å². The molecule has 0 bridgehead atoms. The molecule has 1 saturated carbocycles. The third-order valence-corrected chi connectivity index (χ3v) is 3.33. The Labute approximate surface area is 98.9 Å². The first-order valence-electron chi connectivity index (χ1n) is 5.94. The van der Waals surface area contributed by atoms with Gasteiger partial charge in [0.25, 0.3) is 0 Å². The first kappa shape index (κ1) is 10.6. The molecule has 0 spiro atoms. The molecular formula is C13H16N2O2. The lowest BCUT2D eigenvalue weighted by molar-refractivity contribution is 0.0787. The smallest absolute Gasteiger partial charge is 0.326 e. The van der Waals surface area contributed by atoms with Gasteiger partial charge in [0, 0.05) is 6.04 Å². The van der Waals surface area contributed by atoms with Gasteiger partial charge in [-0.05, 0) is 44.4 Å². The molecule has 2 N–H and O–H groups in total. The summed E-state index contributed by atoms with van der Waals surface area (Å²) in [6, 6.07) is 6.02. The van der Waals surface area contributed by atoms with Gasteiger partial charge in [-0.1, -0.05) is 6.07 Å². The molecule has 1 aromatic carbocycles. The van der Waals surface area contributed by atoms with Crippen LogP contribution in [0.25, 0.3) is 11.0 Å². The Morgan fingerprint density at radius 1 is 1.41 bits per heavy atom. The second-order valence-corrected chi connectivity index (χ2v) is 5.32. The van der Waals surface area contributed by atoms with E-state index in [9.17, 15) is 9.90 Å². The molecule has 3 rings (SSSR count). The van der Waals surface area contributed by atoms with Crippen molar-refractivity contribution in [2.75, 3.05) is 0 Å². The van der Waals surface area contributed by atoms with Gasteiger partial charge in [0.1, 0.15) is 0 Å². The monoisotopic (exact) mass is 232 g/mol. The maximum Gasteiger partial charge on any atom is 0.326 e. The number of hydrogen-bond acceptors (Lipinski definition) is 2. The zero-order valence-corrected chi connectivity index (χ0v) is 10.0. The van der Waals surface area contributed by atoms with Gasteiger partial charge in [0.15, 0.2) is 0 Å². The molecule has 0 radical (unpaired) electrons. The molecule has 0 unspecified atom stereocenters. The Hall–Kier alpha value is -1.55. The molecule has 1 aliphatic carbocycles. The molecule has 1 aromatic heterocycles. The number of nitrogens with one attached hydrogen (secondary N) is 1. The number of rotatable bonds is 2. The van der Waals surface area contributed by atoms with Crippen molar-refractivity contribution in [3.8, 4) is 0 Å². The van der Waals surface area contributed by atoms with Crippen LogP contribution in [0, 0.1) is 0 Å². The summed E-state index contributed by atoms with van der Waals surface area (Å²) in [7, 11) is 0. The minimum Gasteiger partial charge on any atom is -0.386 e. The molecule has 1 fully saturated rings. The Kier molecular flexibility index (Phi) is 2.01. The highest BCUT2D eigenvalue weighted by Crippen LogP contribution is 2.36. The van der Waals surface area contributed by atoms with Crippen LogP contribution in [0.5, 0.6) is 0 Å². The molecule has 4 nitrogen and oxygen atoms in total. The average Bonchev–Trinajstić information content (AvgIpc) is 2.99. The van der Waals surface area contributed by atoms with Crippen molar-refractivity contribution in [3.63, 3.8) is 0 Å². The largest absolute Gasteiger partial charge is 0.386 e. The second-order valence-electron chi connectivity index (χ2n) is 5.32. The normalized spacial score (nSPS) is 16.6. The van der Waals surface area contributed by atoms with E-state index < -0.39 is 5.60 Å². The predicted molar refractivity (Wildman–Crippen MR) is 66.1 cm³/mol. The number of benzene rings is 1. The molecule has 1 aliphatic rings. The fourth-order valence-corrected chi connectivity index (χ4v) is 2.21. The maximum atomic E-state index is 11.8. The van der Waals surface area contributed by atoms with E-state index in [0.29, 0.717) is 6.04 Å². The topological polar surface area (TPSA) is 58.0 Å². The van der Waals surface area contributed by atoms with Crippen molar-refractivity contribution in [1.82, 2.24) is 9.55 Å². The fraction of sp³-hybridized carbons (Fsp3) is 0.462. The number of fused-ring (bicyclic) bond motifs is 1. The van der Waals surface area contributed by atoms with E-state index >= 15 is 0 Å². The summed E-state index contributed by atoms with van der Waals surface area (Å²) in [5.41, 5.74) is 1.63. The Bertz CT molecular complexity index is 627. The van der Waals surface area contributed by atoms with Crippen LogP contribution >= 0.6 is 0 Å². The molecule has 90 valence electrons. The fourth-order valence-electron chi connectivity index (χ4n) is 2.21. The summed E-state index contributed by atoms with van der Waals surface area (Å²) in [5.74, 6) is 0. The zero-order valence-electron chi connectivity index (χ0n) is 10.0. The van der Waals surface area contributed by atoms with Crippen LogP contribution < -0.4 is 5.69 Å². The first-order valence-corrected chi connectivity index (χ1v) is 5.94. The number of aliphatic hydroxyl groups is 1. The standard InChI is InChI=1S/C13H16N2O2/c1-13(2,17)8-3-6-11-10(7-8)14-12(16)15(11)9-4-5-9/h3,6-7,9,17H,4-5H2,1-2H3,(H,14,16). The molecule has 17 heavy (non-hydrogen) atoms. The van der Waals surface area contributed by atoms with Gasteiger partial charge in [0.05, 0.1) is 16.6 Å². The molecule has 0 amide bonds. The number of imidazole rings is 1. The van der Waals surface area contributed by atoms with Crippen LogP contribution in [-0.2, 0) is 5.60 Å². The Morgan fingerprint density at radius 2 is 2.12 bits per heavy atom. The van der Waals surface area contributed by atoms with E-state index in [1.54, 1.807) is 13.8 Å².